The minimum absolute atomic E-state index is 0.0170. The molecule has 0 saturated carbocycles. The normalized spacial score (nSPS) is 11.7. The minimum Gasteiger partial charge on any atom is -0.451 e. The van der Waals surface area contributed by atoms with E-state index in [0.29, 0.717) is 12.0 Å². The Kier molecular flexibility index (Phi) is 5.89. The maximum Gasteiger partial charge on any atom is 0.287 e. The first-order valence-electron chi connectivity index (χ1n) is 9.30. The Labute approximate surface area is 165 Å². The molecule has 3 rings (SSSR count). The second kappa shape index (κ2) is 8.19. The number of sulfone groups is 1. The summed E-state index contributed by atoms with van der Waals surface area (Å²) in [5.74, 6) is 0.0185. The van der Waals surface area contributed by atoms with Crippen LogP contribution in [0.2, 0.25) is 0 Å². The molecule has 0 aliphatic carbocycles. The van der Waals surface area contributed by atoms with Gasteiger partial charge < -0.3 is 9.73 Å². The van der Waals surface area contributed by atoms with E-state index in [4.69, 9.17) is 4.42 Å². The summed E-state index contributed by atoms with van der Waals surface area (Å²) in [5, 5.41) is 3.73. The fraction of sp³-hybridized carbons (Fsp3) is 0.318. The molecule has 1 N–H and O–H groups in total. The van der Waals surface area contributed by atoms with Crippen LogP contribution in [-0.4, -0.2) is 26.6 Å². The molecular formula is C22H25NO4S. The van der Waals surface area contributed by atoms with E-state index in [9.17, 15) is 13.2 Å². The van der Waals surface area contributed by atoms with Gasteiger partial charge in [-0.1, -0.05) is 36.4 Å². The Morgan fingerprint density at radius 2 is 1.79 bits per heavy atom. The topological polar surface area (TPSA) is 76.4 Å². The van der Waals surface area contributed by atoms with Crippen LogP contribution < -0.4 is 5.32 Å². The van der Waals surface area contributed by atoms with E-state index in [1.54, 1.807) is 12.1 Å². The Morgan fingerprint density at radius 3 is 2.50 bits per heavy atom. The summed E-state index contributed by atoms with van der Waals surface area (Å²) < 4.78 is 30.2. The number of aryl methyl sites for hydroxylation is 3. The molecule has 0 atom stereocenters. The van der Waals surface area contributed by atoms with Gasteiger partial charge in [-0.05, 0) is 49.9 Å². The van der Waals surface area contributed by atoms with Gasteiger partial charge in [0.25, 0.3) is 5.91 Å². The molecule has 5 nitrogen and oxygen atoms in total. The molecule has 0 fully saturated rings. The first-order chi connectivity index (χ1) is 13.3. The zero-order valence-electron chi connectivity index (χ0n) is 16.4. The van der Waals surface area contributed by atoms with Crippen molar-refractivity contribution in [1.29, 1.82) is 0 Å². The molecule has 0 saturated heterocycles. The van der Waals surface area contributed by atoms with Gasteiger partial charge in [0.2, 0.25) is 0 Å². The Balaban J connectivity index is 1.58. The summed E-state index contributed by atoms with van der Waals surface area (Å²) >= 11 is 0. The van der Waals surface area contributed by atoms with Gasteiger partial charge in [-0.2, -0.15) is 0 Å². The lowest BCUT2D eigenvalue weighted by atomic mass is 10.0. The van der Waals surface area contributed by atoms with E-state index in [1.165, 1.54) is 0 Å². The van der Waals surface area contributed by atoms with Crippen molar-refractivity contribution in [3.8, 4) is 0 Å². The third-order valence-corrected chi connectivity index (χ3v) is 6.41. The molecule has 1 heterocycles. The highest BCUT2D eigenvalue weighted by Gasteiger charge is 2.19. The van der Waals surface area contributed by atoms with Crippen LogP contribution in [0.5, 0.6) is 0 Å². The van der Waals surface area contributed by atoms with Gasteiger partial charge in [0.05, 0.1) is 11.5 Å². The van der Waals surface area contributed by atoms with Gasteiger partial charge in [-0.15, -0.1) is 0 Å². The second-order valence-corrected chi connectivity index (χ2v) is 9.38. The largest absolute Gasteiger partial charge is 0.451 e. The summed E-state index contributed by atoms with van der Waals surface area (Å²) in [5.41, 5.74) is 4.43. The highest BCUT2D eigenvalue weighted by Crippen LogP contribution is 2.29. The predicted molar refractivity (Wildman–Crippen MR) is 111 cm³/mol. The Morgan fingerprint density at radius 1 is 1.07 bits per heavy atom. The van der Waals surface area contributed by atoms with Crippen LogP contribution >= 0.6 is 0 Å². The van der Waals surface area contributed by atoms with Crippen LogP contribution in [0, 0.1) is 20.8 Å². The number of rotatable bonds is 7. The van der Waals surface area contributed by atoms with Gasteiger partial charge in [0.15, 0.2) is 15.6 Å². The molecule has 28 heavy (non-hydrogen) atoms. The highest BCUT2D eigenvalue weighted by molar-refractivity contribution is 7.90. The zero-order chi connectivity index (χ0) is 20.3. The number of hydrogen-bond acceptors (Lipinski definition) is 4. The number of benzene rings is 2. The first kappa shape index (κ1) is 20.1. The number of fused-ring (bicyclic) bond motifs is 1. The van der Waals surface area contributed by atoms with Crippen molar-refractivity contribution in [3.63, 3.8) is 0 Å². The van der Waals surface area contributed by atoms with E-state index < -0.39 is 9.84 Å². The van der Waals surface area contributed by atoms with E-state index >= 15 is 0 Å². The number of amides is 1. The lowest BCUT2D eigenvalue weighted by molar-refractivity contribution is 0.0927. The molecule has 0 unspecified atom stereocenters. The van der Waals surface area contributed by atoms with Gasteiger partial charge in [-0.3, -0.25) is 4.79 Å². The van der Waals surface area contributed by atoms with Crippen LogP contribution in [0.15, 0.2) is 46.9 Å². The predicted octanol–water partition coefficient (Wildman–Crippen LogP) is 4.09. The molecule has 0 spiro atoms. The molecule has 3 aromatic rings. The monoisotopic (exact) mass is 399 g/mol. The summed E-state index contributed by atoms with van der Waals surface area (Å²) in [7, 11) is -3.21. The van der Waals surface area contributed by atoms with Crippen molar-refractivity contribution in [3.05, 3.63) is 70.5 Å². The number of carbonyl (C=O) groups excluding carboxylic acids is 1. The first-order valence-corrected chi connectivity index (χ1v) is 11.1. The summed E-state index contributed by atoms with van der Waals surface area (Å²) in [4.78, 5) is 12.5. The van der Waals surface area contributed by atoms with E-state index in [1.807, 2.05) is 45.0 Å². The average molecular weight is 400 g/mol. The van der Waals surface area contributed by atoms with E-state index in [0.717, 1.165) is 27.6 Å². The average Bonchev–Trinajstić information content (AvgIpc) is 2.95. The lowest BCUT2D eigenvalue weighted by Crippen LogP contribution is -2.26. The number of carbonyl (C=O) groups is 1. The lowest BCUT2D eigenvalue weighted by Gasteiger charge is -2.06. The van der Waals surface area contributed by atoms with Crippen molar-refractivity contribution in [1.82, 2.24) is 5.32 Å². The molecule has 2 aromatic carbocycles. The zero-order valence-corrected chi connectivity index (χ0v) is 17.2. The third kappa shape index (κ3) is 4.62. The number of hydrogen-bond donors (Lipinski definition) is 1. The Bertz CT molecular complexity index is 1100. The van der Waals surface area contributed by atoms with Gasteiger partial charge in [0, 0.05) is 17.5 Å². The maximum atomic E-state index is 12.5. The molecule has 0 aliphatic heterocycles. The van der Waals surface area contributed by atoms with Crippen LogP contribution in [0.3, 0.4) is 0 Å². The van der Waals surface area contributed by atoms with Crippen LogP contribution in [0.4, 0.5) is 0 Å². The molecule has 1 aromatic heterocycles. The summed E-state index contributed by atoms with van der Waals surface area (Å²) in [6.45, 7) is 6.13. The molecule has 6 heteroatoms. The molecule has 1 amide bonds. The van der Waals surface area contributed by atoms with Gasteiger partial charge in [0.1, 0.15) is 5.58 Å². The number of furan rings is 1. The van der Waals surface area contributed by atoms with Crippen LogP contribution in [0.25, 0.3) is 11.0 Å². The van der Waals surface area contributed by atoms with Crippen molar-refractivity contribution in [2.75, 3.05) is 12.3 Å². The quantitative estimate of drug-likeness (QED) is 0.607. The summed E-state index contributed by atoms with van der Waals surface area (Å²) in [6, 6.07) is 13.1. The van der Waals surface area contributed by atoms with E-state index in [2.05, 4.69) is 11.4 Å². The minimum atomic E-state index is -3.21. The number of nitrogens with one attached hydrogen (secondary N) is 1. The maximum absolute atomic E-state index is 12.5. The third-order valence-electron chi connectivity index (χ3n) is 4.72. The van der Waals surface area contributed by atoms with Crippen LogP contribution in [0.1, 0.15) is 39.2 Å². The van der Waals surface area contributed by atoms with Crippen molar-refractivity contribution in [2.24, 2.45) is 0 Å². The van der Waals surface area contributed by atoms with Crippen molar-refractivity contribution >= 4 is 26.7 Å². The molecule has 148 valence electrons. The van der Waals surface area contributed by atoms with Gasteiger partial charge in [-0.25, -0.2) is 8.42 Å². The molecule has 0 radical (unpaired) electrons. The SMILES string of the molecule is Cc1cc(C)c2c(C)c(C(=O)NCCCS(=O)(=O)Cc3ccccc3)oc2c1. The van der Waals surface area contributed by atoms with E-state index in [-0.39, 0.29) is 29.7 Å². The van der Waals surface area contributed by atoms with Crippen molar-refractivity contribution < 1.29 is 17.6 Å². The fourth-order valence-electron chi connectivity index (χ4n) is 3.48. The second-order valence-electron chi connectivity index (χ2n) is 7.20. The smallest absolute Gasteiger partial charge is 0.287 e. The summed E-state index contributed by atoms with van der Waals surface area (Å²) in [6.07, 6.45) is 0.359. The Hall–Kier alpha value is -2.60. The van der Waals surface area contributed by atoms with Gasteiger partial charge >= 0.3 is 0 Å². The fourth-order valence-corrected chi connectivity index (χ4v) is 4.91. The standard InChI is InChI=1S/C22H25NO4S/c1-15-12-16(2)20-17(3)21(27-19(20)13-15)22(24)23-10-7-11-28(25,26)14-18-8-5-4-6-9-18/h4-6,8-9,12-13H,7,10-11,14H2,1-3H3,(H,23,24). The van der Waals surface area contributed by atoms with Crippen LogP contribution in [-0.2, 0) is 15.6 Å². The molecule has 0 aliphatic rings. The molecular weight excluding hydrogens is 374 g/mol. The van der Waals surface area contributed by atoms with Crippen molar-refractivity contribution in [2.45, 2.75) is 32.9 Å². The highest BCUT2D eigenvalue weighted by atomic mass is 32.2. The molecule has 0 bridgehead atoms.